The number of pyridine rings is 1. The zero-order valence-corrected chi connectivity index (χ0v) is 31.5. The summed E-state index contributed by atoms with van der Waals surface area (Å²) in [5.41, 5.74) is 10.4. The molecule has 0 saturated heterocycles. The van der Waals surface area contributed by atoms with Crippen molar-refractivity contribution in [2.45, 2.75) is 0 Å². The lowest BCUT2D eigenvalue weighted by Gasteiger charge is -2.11. The molecule has 5 heteroatoms. The van der Waals surface area contributed by atoms with Crippen molar-refractivity contribution in [2.24, 2.45) is 0 Å². The Hall–Kier alpha value is -7.34. The smallest absolute Gasteiger partial charge is 0.164 e. The molecule has 57 heavy (non-hydrogen) atoms. The minimum absolute atomic E-state index is 0.629. The Bertz CT molecular complexity index is 3280. The van der Waals surface area contributed by atoms with Gasteiger partial charge in [0.1, 0.15) is 0 Å². The molecule has 8 aromatic carbocycles. The molecule has 11 aromatic rings. The second-order valence-electron chi connectivity index (χ2n) is 14.3. The third-order valence-electron chi connectivity index (χ3n) is 10.7. The Morgan fingerprint density at radius 2 is 0.807 bits per heavy atom. The van der Waals surface area contributed by atoms with Gasteiger partial charge in [0.15, 0.2) is 17.5 Å². The second-order valence-corrected chi connectivity index (χ2v) is 15.3. The van der Waals surface area contributed by atoms with Gasteiger partial charge in [-0.25, -0.2) is 19.9 Å². The standard InChI is InChI=1S/C52H32N4S/c1-3-13-33(14-4-1)38-20-12-22-42(30-38)52-55-50(35-15-5-2-6-16-35)54-51(56-52)36-27-25-34(26-28-36)37-19-11-21-41(29-37)48-47-43-23-9-10-24-46(43)57-49(47)44-31-39-17-7-8-18-40(39)32-45(44)53-48/h1-32H. The van der Waals surface area contributed by atoms with Crippen LogP contribution in [0.5, 0.6) is 0 Å². The van der Waals surface area contributed by atoms with Crippen LogP contribution in [0.1, 0.15) is 0 Å². The maximum Gasteiger partial charge on any atom is 0.164 e. The minimum atomic E-state index is 0.629. The molecule has 0 unspecified atom stereocenters. The van der Waals surface area contributed by atoms with Crippen LogP contribution < -0.4 is 0 Å². The summed E-state index contributed by atoms with van der Waals surface area (Å²) in [5, 5.41) is 6.06. The lowest BCUT2D eigenvalue weighted by molar-refractivity contribution is 1.07. The average Bonchev–Trinajstić information content (AvgIpc) is 3.69. The Kier molecular flexibility index (Phi) is 7.97. The zero-order chi connectivity index (χ0) is 37.7. The fourth-order valence-electron chi connectivity index (χ4n) is 7.83. The molecule has 266 valence electrons. The summed E-state index contributed by atoms with van der Waals surface area (Å²) in [4.78, 5) is 20.4. The molecule has 0 aliphatic carbocycles. The summed E-state index contributed by atoms with van der Waals surface area (Å²) in [6, 6.07) is 68.0. The minimum Gasteiger partial charge on any atom is -0.247 e. The third-order valence-corrected chi connectivity index (χ3v) is 11.9. The monoisotopic (exact) mass is 744 g/mol. The molecule has 3 aromatic heterocycles. The van der Waals surface area contributed by atoms with E-state index in [-0.39, 0.29) is 0 Å². The first-order valence-corrected chi connectivity index (χ1v) is 19.9. The lowest BCUT2D eigenvalue weighted by Crippen LogP contribution is -2.00. The molecule has 3 heterocycles. The molecule has 0 N–H and O–H groups in total. The first-order valence-electron chi connectivity index (χ1n) is 19.0. The number of aromatic nitrogens is 4. The Labute approximate surface area is 333 Å². The highest BCUT2D eigenvalue weighted by Gasteiger charge is 2.18. The van der Waals surface area contributed by atoms with Crippen LogP contribution in [-0.4, -0.2) is 19.9 Å². The van der Waals surface area contributed by atoms with Gasteiger partial charge in [-0.05, 0) is 63.4 Å². The predicted molar refractivity (Wildman–Crippen MR) is 238 cm³/mol. The van der Waals surface area contributed by atoms with E-state index < -0.39 is 0 Å². The molecule has 0 spiro atoms. The van der Waals surface area contributed by atoms with E-state index in [2.05, 4.69) is 158 Å². The van der Waals surface area contributed by atoms with Crippen molar-refractivity contribution in [1.29, 1.82) is 0 Å². The van der Waals surface area contributed by atoms with Crippen LogP contribution in [0.15, 0.2) is 194 Å². The van der Waals surface area contributed by atoms with Crippen molar-refractivity contribution in [3.63, 3.8) is 0 Å². The van der Waals surface area contributed by atoms with Crippen LogP contribution in [0, 0.1) is 0 Å². The normalized spacial score (nSPS) is 11.5. The molecular weight excluding hydrogens is 713 g/mol. The molecular formula is C52H32N4S. The molecule has 4 nitrogen and oxygen atoms in total. The SMILES string of the molecule is c1ccc(-c2cccc(-c3nc(-c4ccccc4)nc(-c4ccc(-c5cccc(-c6nc7cc8ccccc8cc7c7sc8ccccc8c67)c5)cc4)n3)c2)cc1. The van der Waals surface area contributed by atoms with Crippen molar-refractivity contribution >= 4 is 53.2 Å². The van der Waals surface area contributed by atoms with Crippen LogP contribution in [-0.2, 0) is 0 Å². The van der Waals surface area contributed by atoms with E-state index >= 15 is 0 Å². The van der Waals surface area contributed by atoms with Crippen LogP contribution in [0.3, 0.4) is 0 Å². The van der Waals surface area contributed by atoms with Crippen molar-refractivity contribution in [1.82, 2.24) is 19.9 Å². The van der Waals surface area contributed by atoms with Gasteiger partial charge in [0.05, 0.1) is 11.2 Å². The summed E-state index contributed by atoms with van der Waals surface area (Å²) in [6.07, 6.45) is 0. The Morgan fingerprint density at radius 1 is 0.316 bits per heavy atom. The largest absolute Gasteiger partial charge is 0.247 e. The summed E-state index contributed by atoms with van der Waals surface area (Å²) >= 11 is 1.85. The van der Waals surface area contributed by atoms with E-state index in [1.54, 1.807) is 0 Å². The van der Waals surface area contributed by atoms with Crippen LogP contribution in [0.25, 0.3) is 110 Å². The number of thiophene rings is 1. The number of rotatable bonds is 6. The maximum absolute atomic E-state index is 5.41. The lowest BCUT2D eigenvalue weighted by atomic mass is 9.97. The van der Waals surface area contributed by atoms with Crippen molar-refractivity contribution < 1.29 is 0 Å². The Morgan fingerprint density at radius 3 is 1.53 bits per heavy atom. The first kappa shape index (κ1) is 33.0. The first-order chi connectivity index (χ1) is 28.2. The van der Waals surface area contributed by atoms with E-state index in [1.165, 1.54) is 36.3 Å². The number of benzene rings is 8. The summed E-state index contributed by atoms with van der Waals surface area (Å²) in [5.74, 6) is 1.90. The number of hydrogen-bond donors (Lipinski definition) is 0. The highest BCUT2D eigenvalue weighted by molar-refractivity contribution is 7.26. The van der Waals surface area contributed by atoms with Gasteiger partial charge in [-0.15, -0.1) is 11.3 Å². The molecule has 0 saturated carbocycles. The Balaban J connectivity index is 0.999. The summed E-state index contributed by atoms with van der Waals surface area (Å²) in [6.45, 7) is 0. The third kappa shape index (κ3) is 6.02. The van der Waals surface area contributed by atoms with Crippen LogP contribution >= 0.6 is 11.3 Å². The van der Waals surface area contributed by atoms with Gasteiger partial charge in [-0.1, -0.05) is 164 Å². The fourth-order valence-corrected chi connectivity index (χ4v) is 9.06. The molecule has 0 atom stereocenters. The predicted octanol–water partition coefficient (Wildman–Crippen LogP) is 13.9. The van der Waals surface area contributed by atoms with Gasteiger partial charge in [-0.3, -0.25) is 0 Å². The van der Waals surface area contributed by atoms with Gasteiger partial charge < -0.3 is 0 Å². The fraction of sp³-hybridized carbons (Fsp3) is 0. The summed E-state index contributed by atoms with van der Waals surface area (Å²) < 4.78 is 2.54. The molecule has 11 rings (SSSR count). The van der Waals surface area contributed by atoms with E-state index in [0.717, 1.165) is 55.7 Å². The topological polar surface area (TPSA) is 51.6 Å². The zero-order valence-electron chi connectivity index (χ0n) is 30.7. The van der Waals surface area contributed by atoms with Crippen molar-refractivity contribution in [3.05, 3.63) is 194 Å². The van der Waals surface area contributed by atoms with E-state index in [1.807, 2.05) is 47.7 Å². The van der Waals surface area contributed by atoms with Crippen LogP contribution in [0.4, 0.5) is 0 Å². The highest BCUT2D eigenvalue weighted by atomic mass is 32.1. The van der Waals surface area contributed by atoms with E-state index in [9.17, 15) is 0 Å². The molecule has 0 bridgehead atoms. The molecule has 0 radical (unpaired) electrons. The molecule has 0 aliphatic heterocycles. The van der Waals surface area contributed by atoms with Crippen LogP contribution in [0.2, 0.25) is 0 Å². The number of nitrogens with zero attached hydrogens (tertiary/aromatic N) is 4. The van der Waals surface area contributed by atoms with Gasteiger partial charge in [0, 0.05) is 47.8 Å². The second kappa shape index (κ2) is 13.7. The van der Waals surface area contributed by atoms with E-state index in [0.29, 0.717) is 17.5 Å². The van der Waals surface area contributed by atoms with Gasteiger partial charge in [0.25, 0.3) is 0 Å². The average molecular weight is 745 g/mol. The molecule has 0 aliphatic rings. The maximum atomic E-state index is 5.41. The quantitative estimate of drug-likeness (QED) is 0.159. The van der Waals surface area contributed by atoms with E-state index in [4.69, 9.17) is 19.9 Å². The van der Waals surface area contributed by atoms with Gasteiger partial charge >= 0.3 is 0 Å². The molecule has 0 fully saturated rings. The van der Waals surface area contributed by atoms with Gasteiger partial charge in [0.2, 0.25) is 0 Å². The van der Waals surface area contributed by atoms with Crippen molar-refractivity contribution in [3.8, 4) is 67.7 Å². The number of hydrogen-bond acceptors (Lipinski definition) is 5. The van der Waals surface area contributed by atoms with Gasteiger partial charge in [-0.2, -0.15) is 0 Å². The summed E-state index contributed by atoms with van der Waals surface area (Å²) in [7, 11) is 0. The molecule has 0 amide bonds. The van der Waals surface area contributed by atoms with Crippen molar-refractivity contribution in [2.75, 3.05) is 0 Å². The number of fused-ring (bicyclic) bond motifs is 6. The highest BCUT2D eigenvalue weighted by Crippen LogP contribution is 2.44.